The molecule has 70 valence electrons. The lowest BCUT2D eigenvalue weighted by atomic mass is 9.80. The van der Waals surface area contributed by atoms with Crippen molar-refractivity contribution in [2.75, 3.05) is 0 Å². The van der Waals surface area contributed by atoms with Crippen LogP contribution in [-0.2, 0) is 0 Å². The van der Waals surface area contributed by atoms with Crippen molar-refractivity contribution in [2.24, 2.45) is 5.73 Å². The number of hydrogen-bond donors (Lipinski definition) is 2. The van der Waals surface area contributed by atoms with E-state index in [-0.39, 0.29) is 11.6 Å². The highest BCUT2D eigenvalue weighted by atomic mass is 16.2. The molecule has 1 aliphatic rings. The molecule has 0 saturated heterocycles. The van der Waals surface area contributed by atoms with Gasteiger partial charge in [0.15, 0.2) is 0 Å². The Morgan fingerprint density at radius 1 is 1.42 bits per heavy atom. The van der Waals surface area contributed by atoms with Crippen molar-refractivity contribution >= 4 is 6.03 Å². The number of hydrogen-bond acceptors (Lipinski definition) is 1. The summed E-state index contributed by atoms with van der Waals surface area (Å²) in [5.74, 6) is 0. The minimum absolute atomic E-state index is 0.0179. The topological polar surface area (TPSA) is 55.1 Å². The molecule has 3 nitrogen and oxygen atoms in total. The van der Waals surface area contributed by atoms with Gasteiger partial charge in [-0.25, -0.2) is 4.79 Å². The highest BCUT2D eigenvalue weighted by Gasteiger charge is 2.30. The molecule has 0 aromatic heterocycles. The lowest BCUT2D eigenvalue weighted by Gasteiger charge is -2.36. The van der Waals surface area contributed by atoms with E-state index in [1.165, 1.54) is 19.3 Å². The summed E-state index contributed by atoms with van der Waals surface area (Å²) in [5.41, 5.74) is 5.15. The van der Waals surface area contributed by atoms with Crippen LogP contribution >= 0.6 is 0 Å². The molecule has 0 aromatic carbocycles. The Labute approximate surface area is 73.7 Å². The number of carbonyl (C=O) groups is 1. The molecule has 1 rings (SSSR count). The van der Waals surface area contributed by atoms with Crippen LogP contribution in [0.1, 0.15) is 45.4 Å². The van der Waals surface area contributed by atoms with Gasteiger partial charge in [-0.15, -0.1) is 0 Å². The zero-order chi connectivity index (χ0) is 9.03. The first kappa shape index (κ1) is 9.36. The van der Waals surface area contributed by atoms with Crippen molar-refractivity contribution in [1.82, 2.24) is 5.32 Å². The highest BCUT2D eigenvalue weighted by Crippen LogP contribution is 2.30. The van der Waals surface area contributed by atoms with Gasteiger partial charge in [-0.2, -0.15) is 0 Å². The normalized spacial score (nSPS) is 21.8. The Balaban J connectivity index is 2.53. The Hall–Kier alpha value is -0.730. The van der Waals surface area contributed by atoms with E-state index in [1.807, 2.05) is 0 Å². The monoisotopic (exact) mass is 170 g/mol. The van der Waals surface area contributed by atoms with E-state index in [0.717, 1.165) is 19.3 Å². The van der Waals surface area contributed by atoms with Gasteiger partial charge in [0.05, 0.1) is 0 Å². The summed E-state index contributed by atoms with van der Waals surface area (Å²) in [4.78, 5) is 10.7. The molecule has 1 fully saturated rings. The van der Waals surface area contributed by atoms with Gasteiger partial charge in [0.2, 0.25) is 0 Å². The summed E-state index contributed by atoms with van der Waals surface area (Å²) < 4.78 is 0. The van der Waals surface area contributed by atoms with Crippen LogP contribution in [-0.4, -0.2) is 11.6 Å². The van der Waals surface area contributed by atoms with E-state index in [0.29, 0.717) is 0 Å². The molecule has 0 spiro atoms. The summed E-state index contributed by atoms with van der Waals surface area (Å²) in [7, 11) is 0. The predicted octanol–water partition coefficient (Wildman–Crippen LogP) is 1.77. The second kappa shape index (κ2) is 3.78. The summed E-state index contributed by atoms with van der Waals surface area (Å²) >= 11 is 0. The second-order valence-corrected chi connectivity index (χ2v) is 3.68. The largest absolute Gasteiger partial charge is 0.352 e. The van der Waals surface area contributed by atoms with Crippen molar-refractivity contribution < 1.29 is 4.79 Å². The Morgan fingerprint density at radius 2 is 2.00 bits per heavy atom. The first-order valence-electron chi connectivity index (χ1n) is 4.76. The van der Waals surface area contributed by atoms with E-state index in [4.69, 9.17) is 5.73 Å². The average Bonchev–Trinajstić information content (AvgIpc) is 2.05. The maximum Gasteiger partial charge on any atom is 0.312 e. The maximum absolute atomic E-state index is 10.7. The standard InChI is InChI=1S/C9H18N2O/c1-2-9(11-8(10)12)6-4-3-5-7-9/h2-7H2,1H3,(H3,10,11,12). The average molecular weight is 170 g/mol. The third-order valence-electron chi connectivity index (χ3n) is 2.88. The molecule has 0 bridgehead atoms. The first-order chi connectivity index (χ1) is 5.68. The number of amides is 2. The number of urea groups is 1. The summed E-state index contributed by atoms with van der Waals surface area (Å²) in [6.07, 6.45) is 6.90. The van der Waals surface area contributed by atoms with Crippen LogP contribution in [0, 0.1) is 0 Å². The number of nitrogens with one attached hydrogen (secondary N) is 1. The van der Waals surface area contributed by atoms with Crippen molar-refractivity contribution in [3.63, 3.8) is 0 Å². The third kappa shape index (κ3) is 2.13. The lowest BCUT2D eigenvalue weighted by molar-refractivity contribution is 0.205. The molecule has 3 heteroatoms. The smallest absolute Gasteiger partial charge is 0.312 e. The van der Waals surface area contributed by atoms with Gasteiger partial charge in [0.25, 0.3) is 0 Å². The van der Waals surface area contributed by atoms with Crippen molar-refractivity contribution in [1.29, 1.82) is 0 Å². The fourth-order valence-corrected chi connectivity index (χ4v) is 2.06. The van der Waals surface area contributed by atoms with Gasteiger partial charge in [0, 0.05) is 5.54 Å². The zero-order valence-corrected chi connectivity index (χ0v) is 7.73. The molecule has 0 unspecified atom stereocenters. The van der Waals surface area contributed by atoms with Crippen LogP contribution in [0.5, 0.6) is 0 Å². The van der Waals surface area contributed by atoms with E-state index in [9.17, 15) is 4.79 Å². The van der Waals surface area contributed by atoms with Crippen LogP contribution in [0.15, 0.2) is 0 Å². The molecular formula is C9H18N2O. The molecule has 0 radical (unpaired) electrons. The van der Waals surface area contributed by atoms with Crippen LogP contribution in [0.25, 0.3) is 0 Å². The number of primary amides is 1. The third-order valence-corrected chi connectivity index (χ3v) is 2.88. The molecule has 0 heterocycles. The maximum atomic E-state index is 10.7. The predicted molar refractivity (Wildman–Crippen MR) is 48.8 cm³/mol. The van der Waals surface area contributed by atoms with E-state index >= 15 is 0 Å². The molecule has 2 amide bonds. The van der Waals surface area contributed by atoms with E-state index in [2.05, 4.69) is 12.2 Å². The Kier molecular flexibility index (Phi) is 2.95. The molecular weight excluding hydrogens is 152 g/mol. The van der Waals surface area contributed by atoms with E-state index in [1.54, 1.807) is 0 Å². The van der Waals surface area contributed by atoms with Crippen molar-refractivity contribution in [3.8, 4) is 0 Å². The fraction of sp³-hybridized carbons (Fsp3) is 0.889. The lowest BCUT2D eigenvalue weighted by Crippen LogP contribution is -2.51. The minimum Gasteiger partial charge on any atom is -0.352 e. The molecule has 0 aromatic rings. The van der Waals surface area contributed by atoms with Crippen molar-refractivity contribution in [2.45, 2.75) is 51.0 Å². The summed E-state index contributed by atoms with van der Waals surface area (Å²) in [5, 5.41) is 2.88. The minimum atomic E-state index is -0.376. The first-order valence-corrected chi connectivity index (χ1v) is 4.76. The highest BCUT2D eigenvalue weighted by molar-refractivity contribution is 5.72. The van der Waals surface area contributed by atoms with Crippen LogP contribution in [0.2, 0.25) is 0 Å². The molecule has 3 N–H and O–H groups in total. The van der Waals surface area contributed by atoms with E-state index < -0.39 is 0 Å². The van der Waals surface area contributed by atoms with Gasteiger partial charge in [-0.05, 0) is 19.3 Å². The van der Waals surface area contributed by atoms with Gasteiger partial charge >= 0.3 is 6.03 Å². The second-order valence-electron chi connectivity index (χ2n) is 3.68. The molecule has 1 saturated carbocycles. The quantitative estimate of drug-likeness (QED) is 0.652. The summed E-state index contributed by atoms with van der Waals surface area (Å²) in [6.45, 7) is 2.11. The van der Waals surface area contributed by atoms with Gasteiger partial charge in [0.1, 0.15) is 0 Å². The van der Waals surface area contributed by atoms with Gasteiger partial charge < -0.3 is 11.1 Å². The molecule has 0 atom stereocenters. The molecule has 12 heavy (non-hydrogen) atoms. The summed E-state index contributed by atoms with van der Waals surface area (Å²) in [6, 6.07) is -0.376. The SMILES string of the molecule is CCC1(NC(N)=O)CCCCC1. The number of carbonyl (C=O) groups excluding carboxylic acids is 1. The van der Waals surface area contributed by atoms with Gasteiger partial charge in [-0.3, -0.25) is 0 Å². The van der Waals surface area contributed by atoms with Crippen LogP contribution in [0.3, 0.4) is 0 Å². The molecule has 1 aliphatic carbocycles. The van der Waals surface area contributed by atoms with Crippen LogP contribution < -0.4 is 11.1 Å². The fourth-order valence-electron chi connectivity index (χ4n) is 2.06. The zero-order valence-electron chi connectivity index (χ0n) is 7.73. The van der Waals surface area contributed by atoms with Crippen molar-refractivity contribution in [3.05, 3.63) is 0 Å². The van der Waals surface area contributed by atoms with Crippen LogP contribution in [0.4, 0.5) is 4.79 Å². The Bertz CT molecular complexity index is 162. The Morgan fingerprint density at radius 3 is 2.42 bits per heavy atom. The number of rotatable bonds is 2. The van der Waals surface area contributed by atoms with Gasteiger partial charge in [-0.1, -0.05) is 26.2 Å². The number of nitrogens with two attached hydrogens (primary N) is 1. The molecule has 0 aliphatic heterocycles.